The molecule has 2 heterocycles. The number of likely N-dealkylation sites (tertiary alicyclic amines) is 1. The zero-order valence-electron chi connectivity index (χ0n) is 14.2. The van der Waals surface area contributed by atoms with Crippen molar-refractivity contribution in [1.29, 1.82) is 0 Å². The molecular weight excluding hydrogens is 337 g/mol. The fourth-order valence-corrected chi connectivity index (χ4v) is 2.88. The molecule has 1 aromatic rings. The van der Waals surface area contributed by atoms with Gasteiger partial charge in [0, 0.05) is 32.1 Å². The predicted molar refractivity (Wildman–Crippen MR) is 83.5 cm³/mol. The van der Waals surface area contributed by atoms with Crippen LogP contribution in [-0.4, -0.2) is 45.8 Å². The molecule has 0 bridgehead atoms. The molecule has 1 fully saturated rings. The monoisotopic (exact) mass is 358 g/mol. The number of nitrogens with zero attached hydrogens (tertiary/aromatic N) is 3. The van der Waals surface area contributed by atoms with Gasteiger partial charge in [0.15, 0.2) is 0 Å². The number of aromatic nitrogens is 2. The second-order valence-electron chi connectivity index (χ2n) is 6.07. The standard InChI is InChI=1S/C16H21F3N4O2/c1-10-9-13(16(17,18)19)22-14(21-10)6-7-20-15(25)12-5-3-4-8-23(12)11(2)24/h9,12H,3-8H2,1-2H3,(H,20,25). The van der Waals surface area contributed by atoms with Crippen LogP contribution in [0.1, 0.15) is 43.4 Å². The number of carbonyl (C=O) groups is 2. The number of hydrogen-bond acceptors (Lipinski definition) is 4. The minimum Gasteiger partial charge on any atom is -0.354 e. The number of alkyl halides is 3. The fourth-order valence-electron chi connectivity index (χ4n) is 2.88. The van der Waals surface area contributed by atoms with E-state index in [0.29, 0.717) is 13.0 Å². The largest absolute Gasteiger partial charge is 0.433 e. The number of amides is 2. The summed E-state index contributed by atoms with van der Waals surface area (Å²) in [5.74, 6) is -0.421. The maximum absolute atomic E-state index is 12.8. The van der Waals surface area contributed by atoms with E-state index in [4.69, 9.17) is 0 Å². The van der Waals surface area contributed by atoms with Gasteiger partial charge in [-0.15, -0.1) is 0 Å². The van der Waals surface area contributed by atoms with Crippen LogP contribution in [0.5, 0.6) is 0 Å². The molecule has 1 atom stereocenters. The van der Waals surface area contributed by atoms with Gasteiger partial charge in [-0.25, -0.2) is 9.97 Å². The Kier molecular flexibility index (Phi) is 5.97. The lowest BCUT2D eigenvalue weighted by Gasteiger charge is -2.33. The van der Waals surface area contributed by atoms with E-state index in [9.17, 15) is 22.8 Å². The lowest BCUT2D eigenvalue weighted by atomic mass is 10.0. The van der Waals surface area contributed by atoms with Crippen molar-refractivity contribution in [2.75, 3.05) is 13.1 Å². The molecule has 9 heteroatoms. The molecule has 0 radical (unpaired) electrons. The number of piperidine rings is 1. The van der Waals surface area contributed by atoms with Gasteiger partial charge in [0.2, 0.25) is 11.8 Å². The van der Waals surface area contributed by atoms with Crippen molar-refractivity contribution < 1.29 is 22.8 Å². The van der Waals surface area contributed by atoms with E-state index < -0.39 is 17.9 Å². The summed E-state index contributed by atoms with van der Waals surface area (Å²) < 4.78 is 38.3. The smallest absolute Gasteiger partial charge is 0.354 e. The van der Waals surface area contributed by atoms with Gasteiger partial charge in [0.1, 0.15) is 17.6 Å². The summed E-state index contributed by atoms with van der Waals surface area (Å²) in [5, 5.41) is 2.67. The Bertz CT molecular complexity index is 649. The third kappa shape index (κ3) is 5.14. The lowest BCUT2D eigenvalue weighted by Crippen LogP contribution is -2.51. The van der Waals surface area contributed by atoms with Crippen LogP contribution in [0.25, 0.3) is 0 Å². The van der Waals surface area contributed by atoms with E-state index in [2.05, 4.69) is 15.3 Å². The molecule has 1 aliphatic heterocycles. The Balaban J connectivity index is 1.95. The summed E-state index contributed by atoms with van der Waals surface area (Å²) in [6.45, 7) is 3.54. The van der Waals surface area contributed by atoms with Crippen LogP contribution in [0.3, 0.4) is 0 Å². The summed E-state index contributed by atoms with van der Waals surface area (Å²) >= 11 is 0. The van der Waals surface area contributed by atoms with E-state index in [0.717, 1.165) is 18.9 Å². The van der Waals surface area contributed by atoms with Gasteiger partial charge >= 0.3 is 6.18 Å². The van der Waals surface area contributed by atoms with Crippen LogP contribution in [-0.2, 0) is 22.2 Å². The quantitative estimate of drug-likeness (QED) is 0.892. The predicted octanol–water partition coefficient (Wildman–Crippen LogP) is 1.86. The maximum atomic E-state index is 12.8. The molecule has 6 nitrogen and oxygen atoms in total. The molecule has 25 heavy (non-hydrogen) atoms. The van der Waals surface area contributed by atoms with E-state index >= 15 is 0 Å². The number of hydrogen-bond donors (Lipinski definition) is 1. The summed E-state index contributed by atoms with van der Waals surface area (Å²) in [6.07, 6.45) is -2.14. The zero-order chi connectivity index (χ0) is 18.6. The average molecular weight is 358 g/mol. The van der Waals surface area contributed by atoms with Crippen LogP contribution < -0.4 is 5.32 Å². The van der Waals surface area contributed by atoms with E-state index in [1.165, 1.54) is 18.7 Å². The summed E-state index contributed by atoms with van der Waals surface area (Å²) in [5.41, 5.74) is -0.768. The molecule has 1 saturated heterocycles. The molecule has 2 amide bonds. The molecular formula is C16H21F3N4O2. The van der Waals surface area contributed by atoms with Crippen LogP contribution in [0.2, 0.25) is 0 Å². The second-order valence-corrected chi connectivity index (χ2v) is 6.07. The van der Waals surface area contributed by atoms with Gasteiger partial charge in [-0.05, 0) is 32.3 Å². The van der Waals surface area contributed by atoms with Crippen molar-refractivity contribution >= 4 is 11.8 Å². The van der Waals surface area contributed by atoms with Crippen molar-refractivity contribution in [3.8, 4) is 0 Å². The van der Waals surface area contributed by atoms with Gasteiger partial charge in [-0.1, -0.05) is 0 Å². The first-order valence-corrected chi connectivity index (χ1v) is 8.15. The minimum absolute atomic E-state index is 0.0275. The molecule has 1 aromatic heterocycles. The van der Waals surface area contributed by atoms with Crippen LogP contribution in [0.15, 0.2) is 6.07 Å². The third-order valence-electron chi connectivity index (χ3n) is 4.05. The summed E-state index contributed by atoms with van der Waals surface area (Å²) in [6, 6.07) is 0.366. The first-order valence-electron chi connectivity index (χ1n) is 8.15. The van der Waals surface area contributed by atoms with Crippen molar-refractivity contribution in [3.05, 3.63) is 23.3 Å². The Morgan fingerprint density at radius 3 is 2.68 bits per heavy atom. The number of rotatable bonds is 4. The van der Waals surface area contributed by atoms with Gasteiger partial charge in [-0.2, -0.15) is 13.2 Å². The zero-order valence-corrected chi connectivity index (χ0v) is 14.2. The minimum atomic E-state index is -4.53. The number of aryl methyl sites for hydroxylation is 1. The van der Waals surface area contributed by atoms with Crippen molar-refractivity contribution in [3.63, 3.8) is 0 Å². The van der Waals surface area contributed by atoms with Crippen LogP contribution in [0, 0.1) is 6.92 Å². The number of carbonyl (C=O) groups excluding carboxylic acids is 2. The lowest BCUT2D eigenvalue weighted by molar-refractivity contribution is -0.141. The highest BCUT2D eigenvalue weighted by Crippen LogP contribution is 2.27. The van der Waals surface area contributed by atoms with Crippen molar-refractivity contribution in [1.82, 2.24) is 20.2 Å². The highest BCUT2D eigenvalue weighted by Gasteiger charge is 2.33. The summed E-state index contributed by atoms with van der Waals surface area (Å²) in [7, 11) is 0. The van der Waals surface area contributed by atoms with Gasteiger partial charge < -0.3 is 10.2 Å². The Morgan fingerprint density at radius 2 is 2.04 bits per heavy atom. The molecule has 0 spiro atoms. The van der Waals surface area contributed by atoms with Crippen molar-refractivity contribution in [2.24, 2.45) is 0 Å². The second kappa shape index (κ2) is 7.79. The SMILES string of the molecule is CC(=O)N1CCCCC1C(=O)NCCc1nc(C)cc(C(F)(F)F)n1. The molecule has 1 aliphatic rings. The highest BCUT2D eigenvalue weighted by atomic mass is 19.4. The summed E-state index contributed by atoms with van der Waals surface area (Å²) in [4.78, 5) is 32.9. The molecule has 1 unspecified atom stereocenters. The fraction of sp³-hybridized carbons (Fsp3) is 0.625. The molecule has 2 rings (SSSR count). The molecule has 1 N–H and O–H groups in total. The molecule has 0 aromatic carbocycles. The van der Waals surface area contributed by atoms with Gasteiger partial charge in [0.05, 0.1) is 0 Å². The van der Waals surface area contributed by atoms with E-state index in [1.807, 2.05) is 0 Å². The highest BCUT2D eigenvalue weighted by molar-refractivity contribution is 5.87. The first-order chi connectivity index (χ1) is 11.7. The van der Waals surface area contributed by atoms with Crippen molar-refractivity contribution in [2.45, 2.75) is 51.7 Å². The normalized spacial score (nSPS) is 18.1. The van der Waals surface area contributed by atoms with E-state index in [-0.39, 0.29) is 36.3 Å². The molecule has 0 aliphatic carbocycles. The molecule has 138 valence electrons. The van der Waals surface area contributed by atoms with Gasteiger partial charge in [-0.3, -0.25) is 9.59 Å². The van der Waals surface area contributed by atoms with Crippen LogP contribution in [0.4, 0.5) is 13.2 Å². The third-order valence-corrected chi connectivity index (χ3v) is 4.05. The average Bonchev–Trinajstić information content (AvgIpc) is 2.53. The number of halogens is 3. The Morgan fingerprint density at radius 1 is 1.32 bits per heavy atom. The maximum Gasteiger partial charge on any atom is 0.433 e. The molecule has 0 saturated carbocycles. The van der Waals surface area contributed by atoms with Gasteiger partial charge in [0.25, 0.3) is 0 Å². The Hall–Kier alpha value is -2.19. The first kappa shape index (κ1) is 19.1. The van der Waals surface area contributed by atoms with Crippen LogP contribution >= 0.6 is 0 Å². The topological polar surface area (TPSA) is 75.2 Å². The van der Waals surface area contributed by atoms with E-state index in [1.54, 1.807) is 0 Å². The Labute approximate surface area is 143 Å². The number of nitrogens with one attached hydrogen (secondary N) is 1.